The molecule has 38 nitrogen and oxygen atoms in total. The van der Waals surface area contributed by atoms with Crippen molar-refractivity contribution in [3.8, 4) is 0 Å². The second-order valence-corrected chi connectivity index (χ2v) is 26.7. The van der Waals surface area contributed by atoms with Crippen LogP contribution < -0.4 is 98.6 Å². The Morgan fingerprint density at radius 3 is 1.15 bits per heavy atom. The molecule has 0 aliphatic heterocycles. The molecule has 12 atom stereocenters. The Morgan fingerprint density at radius 1 is 0.425 bits per heavy atom. The number of carboxylic acids is 2. The molecule has 0 fully saturated rings. The molecule has 0 radical (unpaired) electrons. The Kier molecular flexibility index (Phi) is 42.1. The number of benzene rings is 2. The topological polar surface area (TPSA) is 651 Å². The second-order valence-electron chi connectivity index (χ2n) is 25.7. The van der Waals surface area contributed by atoms with Crippen LogP contribution in [0.25, 0.3) is 0 Å². The lowest BCUT2D eigenvalue weighted by atomic mass is 10.00. The summed E-state index contributed by atoms with van der Waals surface area (Å²) in [6.07, 6.45) is -2.59. The van der Waals surface area contributed by atoms with Gasteiger partial charge in [0, 0.05) is 45.3 Å². The number of nitrogens with zero attached hydrogens (tertiary/aromatic N) is 3. The lowest BCUT2D eigenvalue weighted by Gasteiger charge is -2.29. The summed E-state index contributed by atoms with van der Waals surface area (Å²) in [4.78, 5) is 203. The number of aliphatic hydroxyl groups excluding tert-OH is 1. The third-order valence-electron chi connectivity index (χ3n) is 16.0. The predicted molar refractivity (Wildman–Crippen MR) is 394 cm³/mol. The number of amides is 12. The highest BCUT2D eigenvalue weighted by molar-refractivity contribution is 7.98. The van der Waals surface area contributed by atoms with Crippen LogP contribution in [-0.2, 0) is 80.0 Å². The summed E-state index contributed by atoms with van der Waals surface area (Å²) < 4.78 is 0. The Bertz CT molecular complexity index is 3320. The largest absolute Gasteiger partial charge is 0.481 e. The average molecular weight is 1510 g/mol. The van der Waals surface area contributed by atoms with Gasteiger partial charge in [-0.25, -0.2) is 4.79 Å². The van der Waals surface area contributed by atoms with E-state index in [0.29, 0.717) is 23.3 Å². The molecule has 0 aromatic heterocycles. The van der Waals surface area contributed by atoms with Crippen molar-refractivity contribution in [1.29, 1.82) is 0 Å². The van der Waals surface area contributed by atoms with Gasteiger partial charge in [0.15, 0.2) is 17.9 Å². The van der Waals surface area contributed by atoms with Crippen molar-refractivity contribution in [2.24, 2.45) is 66.9 Å². The number of nitrogens with two attached hydrogens (primary N) is 7. The van der Waals surface area contributed by atoms with E-state index in [4.69, 9.17) is 40.1 Å². The maximum Gasteiger partial charge on any atom is 0.326 e. The van der Waals surface area contributed by atoms with Crippen molar-refractivity contribution in [3.63, 3.8) is 0 Å². The van der Waals surface area contributed by atoms with E-state index in [2.05, 4.69) is 73.5 Å². The van der Waals surface area contributed by atoms with Crippen molar-refractivity contribution < 1.29 is 82.4 Å². The fourth-order valence-corrected chi connectivity index (χ4v) is 10.9. The highest BCUT2D eigenvalue weighted by Gasteiger charge is 2.38. The molecule has 12 amide bonds. The number of aliphatic imine (C=N–C) groups is 3. The van der Waals surface area contributed by atoms with E-state index < -0.39 is 181 Å². The highest BCUT2D eigenvalue weighted by atomic mass is 32.2. The minimum Gasteiger partial charge on any atom is -0.481 e. The molecule has 0 unspecified atom stereocenters. The molecule has 2 aromatic carbocycles. The highest BCUT2D eigenvalue weighted by Crippen LogP contribution is 2.15. The second kappa shape index (κ2) is 49.0. The van der Waals surface area contributed by atoms with E-state index in [1.54, 1.807) is 80.8 Å². The molecule has 39 heteroatoms. The fraction of sp³-hybridized carbons (Fsp3) is 0.567. The molecule has 0 aliphatic carbocycles. The molecule has 0 aliphatic rings. The molecule has 0 saturated carbocycles. The maximum atomic E-state index is 14.8. The van der Waals surface area contributed by atoms with Gasteiger partial charge >= 0.3 is 11.9 Å². The first-order valence-corrected chi connectivity index (χ1v) is 35.8. The number of aliphatic carboxylic acids is 2. The first-order chi connectivity index (χ1) is 50.1. The van der Waals surface area contributed by atoms with Gasteiger partial charge in [0.05, 0.1) is 6.10 Å². The summed E-state index contributed by atoms with van der Waals surface area (Å²) in [5.74, 6) is -15.2. The number of carbonyl (C=O) groups is 14. The Morgan fingerprint density at radius 2 is 0.764 bits per heavy atom. The Labute approximate surface area is 618 Å². The fourth-order valence-electron chi connectivity index (χ4n) is 10.4. The van der Waals surface area contributed by atoms with Gasteiger partial charge in [-0.1, -0.05) is 88.4 Å². The summed E-state index contributed by atoms with van der Waals surface area (Å²) in [5.41, 5.74) is 39.5. The molecule has 0 spiro atoms. The minimum absolute atomic E-state index is 0.00365. The predicted octanol–water partition coefficient (Wildman–Crippen LogP) is -5.35. The summed E-state index contributed by atoms with van der Waals surface area (Å²) in [6, 6.07) is -0.477. The monoisotopic (exact) mass is 1510 g/mol. The summed E-state index contributed by atoms with van der Waals surface area (Å²) in [7, 11) is 0. The van der Waals surface area contributed by atoms with E-state index >= 15 is 0 Å². The quantitative estimate of drug-likeness (QED) is 0.0127. The molecule has 28 N–H and O–H groups in total. The van der Waals surface area contributed by atoms with E-state index in [-0.39, 0.29) is 108 Å². The molecule has 2 aromatic rings. The number of primary amides is 1. The zero-order valence-electron chi connectivity index (χ0n) is 60.5. The number of guanidine groups is 3. The number of rotatable bonds is 52. The summed E-state index contributed by atoms with van der Waals surface area (Å²) in [5, 5.41) is 58.4. The smallest absolute Gasteiger partial charge is 0.326 e. The zero-order valence-corrected chi connectivity index (χ0v) is 61.3. The summed E-state index contributed by atoms with van der Waals surface area (Å²) >= 11 is 1.39. The van der Waals surface area contributed by atoms with Crippen molar-refractivity contribution in [1.82, 2.24) is 58.5 Å². The average Bonchev–Trinajstić information content (AvgIpc) is 0.859. The van der Waals surface area contributed by atoms with E-state index in [0.717, 1.165) is 0 Å². The van der Waals surface area contributed by atoms with E-state index in [9.17, 15) is 82.4 Å². The van der Waals surface area contributed by atoms with Gasteiger partial charge in [0.1, 0.15) is 66.5 Å². The molecular weight excluding hydrogens is 1400 g/mol. The van der Waals surface area contributed by atoms with Crippen LogP contribution in [0, 0.1) is 11.8 Å². The third-order valence-corrected chi connectivity index (χ3v) is 16.6. The van der Waals surface area contributed by atoms with Gasteiger partial charge in [-0.2, -0.15) is 11.8 Å². The molecule has 2 rings (SSSR count). The minimum atomic E-state index is -1.83. The van der Waals surface area contributed by atoms with Crippen LogP contribution in [0.3, 0.4) is 0 Å². The van der Waals surface area contributed by atoms with Crippen LogP contribution >= 0.6 is 11.8 Å². The van der Waals surface area contributed by atoms with Gasteiger partial charge in [-0.05, 0) is 106 Å². The van der Waals surface area contributed by atoms with Gasteiger partial charge in [0.25, 0.3) is 0 Å². The van der Waals surface area contributed by atoms with Crippen molar-refractivity contribution >= 4 is 113 Å². The lowest BCUT2D eigenvalue weighted by molar-refractivity contribution is -0.142. The number of hydrogen-bond acceptors (Lipinski definition) is 19. The van der Waals surface area contributed by atoms with Gasteiger partial charge in [-0.15, -0.1) is 0 Å². The standard InChI is InChI=1S/C67H107N21O17S/c1-36(2)32-47(59(99)83-46(64(104)105)22-15-30-77-67(73)74)84-56(96)42(20-13-28-75-65(69)70)79-55(95)43(21-14-29-76-66(71)72)82-62(102)52(37(3)4)87-58(98)44(23-25-50(68)91)80-57(97)45(24-26-51(92)93)81-60(100)48(33-39-16-9-7-10-17-39)85-61(101)49(34-40-18-11-8-12-19-40)86-63(103)53(38(5)90)88-54(94)41(78-35-89)27-31-106-6/h7-12,16-19,35-38,41-49,52-53,90H,13-15,20-34H2,1-6H3,(H2,68,91)(H,78,89)(H,79,95)(H,80,97)(H,81,100)(H,82,102)(H,83,99)(H,84,96)(H,85,101)(H,86,103)(H,87,98)(H,88,94)(H,92,93)(H,104,105)(H4,69,70,75)(H4,71,72,76)(H4,73,74,77)/t38-,41+,42+,43+,44+,45+,46+,47+,48+,49+,52+,53+/m1/s1. The number of nitrogens with one attached hydrogen (secondary N) is 11. The Balaban J connectivity index is 2.65. The van der Waals surface area contributed by atoms with E-state index in [1.165, 1.54) is 32.5 Å². The Hall–Kier alpha value is -10.9. The maximum absolute atomic E-state index is 14.8. The number of carboxylic acid groups (broad SMARTS) is 2. The van der Waals surface area contributed by atoms with Gasteiger partial charge in [0.2, 0.25) is 71.4 Å². The molecule has 0 saturated heterocycles. The van der Waals surface area contributed by atoms with Crippen LogP contribution in [0.5, 0.6) is 0 Å². The first kappa shape index (κ1) is 91.2. The third kappa shape index (κ3) is 36.5. The number of thioether (sulfide) groups is 1. The molecule has 106 heavy (non-hydrogen) atoms. The van der Waals surface area contributed by atoms with E-state index in [1.807, 2.05) is 0 Å². The normalized spacial score (nSPS) is 14.3. The SMILES string of the molecule is CSCC[C@H](NC=O)C(=O)N[C@H](C(=O)N[C@@H](Cc1ccccc1)C(=O)N[C@@H](Cc1ccccc1)C(=O)N[C@@H](CCC(=O)O)C(=O)N[C@@H](CCC(N)=O)C(=O)N[C@H](C(=O)N[C@@H](CCCN=C(N)N)C(=O)N[C@@H](CCCN=C(N)N)C(=O)N[C@@H](CC(C)C)C(=O)N[C@@H](CCCN=C(N)N)C(=O)O)C(C)C)[C@@H](C)O. The van der Waals surface area contributed by atoms with Crippen LogP contribution in [0.4, 0.5) is 0 Å². The van der Waals surface area contributed by atoms with Crippen LogP contribution in [-0.4, -0.2) is 221 Å². The van der Waals surface area contributed by atoms with Crippen molar-refractivity contribution in [3.05, 3.63) is 71.8 Å². The number of hydrogen-bond donors (Lipinski definition) is 21. The molecule has 0 bridgehead atoms. The van der Waals surface area contributed by atoms with Crippen LogP contribution in [0.15, 0.2) is 75.6 Å². The van der Waals surface area contributed by atoms with Gasteiger partial charge in [-0.3, -0.25) is 77.3 Å². The van der Waals surface area contributed by atoms with Crippen molar-refractivity contribution in [2.75, 3.05) is 31.6 Å². The molecule has 588 valence electrons. The number of carbonyl (C=O) groups excluding carboxylic acids is 12. The molecule has 0 heterocycles. The van der Waals surface area contributed by atoms with Crippen molar-refractivity contribution in [2.45, 2.75) is 197 Å². The first-order valence-electron chi connectivity index (χ1n) is 34.4. The zero-order chi connectivity index (χ0) is 79.6. The lowest BCUT2D eigenvalue weighted by Crippen LogP contribution is -2.62. The van der Waals surface area contributed by atoms with Crippen LogP contribution in [0.1, 0.15) is 123 Å². The molecular formula is C67H107N21O17S. The van der Waals surface area contributed by atoms with Gasteiger partial charge < -0.3 is 114 Å². The van der Waals surface area contributed by atoms with Crippen LogP contribution in [0.2, 0.25) is 0 Å². The number of aliphatic hydroxyl groups is 1. The summed E-state index contributed by atoms with van der Waals surface area (Å²) in [6.45, 7) is 7.66.